The van der Waals surface area contributed by atoms with Gasteiger partial charge in [0.15, 0.2) is 0 Å². The zero-order chi connectivity index (χ0) is 13.0. The topological polar surface area (TPSA) is 15.3 Å². The summed E-state index contributed by atoms with van der Waals surface area (Å²) in [5.41, 5.74) is 2.97. The third kappa shape index (κ3) is 3.01. The Kier molecular flexibility index (Phi) is 4.56. The van der Waals surface area contributed by atoms with Gasteiger partial charge in [0.05, 0.1) is 0 Å². The lowest BCUT2D eigenvalue weighted by atomic mass is 9.90. The summed E-state index contributed by atoms with van der Waals surface area (Å²) in [6, 6.07) is 9.38. The van der Waals surface area contributed by atoms with E-state index in [0.29, 0.717) is 12.0 Å². The Morgan fingerprint density at radius 3 is 2.94 bits per heavy atom. The molecule has 98 valence electrons. The van der Waals surface area contributed by atoms with Crippen molar-refractivity contribution in [3.05, 3.63) is 48.0 Å². The van der Waals surface area contributed by atoms with E-state index in [1.165, 1.54) is 11.1 Å². The summed E-state index contributed by atoms with van der Waals surface area (Å²) in [5.74, 6) is 0.595. The second-order valence-corrected chi connectivity index (χ2v) is 5.36. The minimum Gasteiger partial charge on any atom is -0.312 e. The molecule has 2 rings (SSSR count). The molecule has 1 N–H and O–H groups in total. The van der Waals surface area contributed by atoms with E-state index in [0.717, 1.165) is 26.2 Å². The van der Waals surface area contributed by atoms with Gasteiger partial charge in [0, 0.05) is 38.1 Å². The molecule has 0 spiro atoms. The van der Waals surface area contributed by atoms with Crippen LogP contribution in [-0.2, 0) is 6.54 Å². The van der Waals surface area contributed by atoms with Crippen molar-refractivity contribution in [1.82, 2.24) is 10.2 Å². The second-order valence-electron chi connectivity index (χ2n) is 5.36. The first kappa shape index (κ1) is 13.3. The van der Waals surface area contributed by atoms with Crippen LogP contribution in [-0.4, -0.2) is 30.6 Å². The van der Waals surface area contributed by atoms with Gasteiger partial charge in [-0.15, -0.1) is 6.58 Å². The maximum Gasteiger partial charge on any atom is 0.0208 e. The average Bonchev–Trinajstić information content (AvgIpc) is 2.38. The largest absolute Gasteiger partial charge is 0.312 e. The number of rotatable bonds is 5. The maximum absolute atomic E-state index is 3.86. The van der Waals surface area contributed by atoms with E-state index in [1.807, 2.05) is 6.08 Å². The molecule has 1 aliphatic heterocycles. The Labute approximate surface area is 111 Å². The van der Waals surface area contributed by atoms with Gasteiger partial charge in [0.1, 0.15) is 0 Å². The molecule has 2 heteroatoms. The average molecular weight is 244 g/mol. The number of fused-ring (bicyclic) bond motifs is 1. The number of nitrogens with zero attached hydrogens (tertiary/aromatic N) is 1. The highest BCUT2D eigenvalue weighted by Crippen LogP contribution is 2.25. The van der Waals surface area contributed by atoms with Crippen molar-refractivity contribution in [2.45, 2.75) is 32.4 Å². The summed E-state index contributed by atoms with van der Waals surface area (Å²) in [7, 11) is 0. The smallest absolute Gasteiger partial charge is 0.0208 e. The molecule has 1 atom stereocenters. The number of hydrogen-bond donors (Lipinski definition) is 1. The van der Waals surface area contributed by atoms with E-state index < -0.39 is 0 Å². The molecule has 0 amide bonds. The minimum atomic E-state index is 0.567. The molecule has 0 aliphatic carbocycles. The molecule has 0 fully saturated rings. The highest BCUT2D eigenvalue weighted by molar-refractivity contribution is 5.33. The fourth-order valence-corrected chi connectivity index (χ4v) is 2.69. The Morgan fingerprint density at radius 1 is 1.44 bits per heavy atom. The predicted octanol–water partition coefficient (Wildman–Crippen LogP) is 2.77. The van der Waals surface area contributed by atoms with Crippen molar-refractivity contribution in [3.63, 3.8) is 0 Å². The normalized spacial score (nSPS) is 19.0. The molecule has 1 unspecified atom stereocenters. The van der Waals surface area contributed by atoms with Crippen LogP contribution in [0, 0.1) is 0 Å². The van der Waals surface area contributed by atoms with Crippen LogP contribution in [0.15, 0.2) is 36.9 Å². The molecule has 1 heterocycles. The van der Waals surface area contributed by atoms with Crippen molar-refractivity contribution in [2.75, 3.05) is 19.6 Å². The van der Waals surface area contributed by atoms with E-state index in [2.05, 4.69) is 54.9 Å². The summed E-state index contributed by atoms with van der Waals surface area (Å²) in [4.78, 5) is 2.49. The quantitative estimate of drug-likeness (QED) is 0.801. The molecule has 18 heavy (non-hydrogen) atoms. The van der Waals surface area contributed by atoms with Crippen LogP contribution in [0.3, 0.4) is 0 Å². The highest BCUT2D eigenvalue weighted by atomic mass is 15.1. The van der Waals surface area contributed by atoms with E-state index in [9.17, 15) is 0 Å². The first-order valence-corrected chi connectivity index (χ1v) is 6.86. The van der Waals surface area contributed by atoms with Gasteiger partial charge in [-0.1, -0.05) is 30.3 Å². The third-order valence-electron chi connectivity index (χ3n) is 3.75. The van der Waals surface area contributed by atoms with Crippen molar-refractivity contribution in [2.24, 2.45) is 0 Å². The van der Waals surface area contributed by atoms with Crippen LogP contribution in [0.1, 0.15) is 30.9 Å². The van der Waals surface area contributed by atoms with Crippen molar-refractivity contribution in [1.29, 1.82) is 0 Å². The first-order chi connectivity index (χ1) is 8.72. The molecule has 0 bridgehead atoms. The van der Waals surface area contributed by atoms with Gasteiger partial charge in [-0.2, -0.15) is 0 Å². The summed E-state index contributed by atoms with van der Waals surface area (Å²) in [5, 5.41) is 3.52. The molecular formula is C16H24N2. The summed E-state index contributed by atoms with van der Waals surface area (Å²) < 4.78 is 0. The molecule has 0 saturated heterocycles. The van der Waals surface area contributed by atoms with Crippen molar-refractivity contribution in [3.8, 4) is 0 Å². The van der Waals surface area contributed by atoms with Gasteiger partial charge in [0.2, 0.25) is 0 Å². The van der Waals surface area contributed by atoms with Crippen LogP contribution in [0.4, 0.5) is 0 Å². The molecule has 0 radical (unpaired) electrons. The minimum absolute atomic E-state index is 0.567. The SMILES string of the molecule is C=CCN(CC1CNCc2ccccc21)C(C)C. The van der Waals surface area contributed by atoms with Gasteiger partial charge in [-0.05, 0) is 25.0 Å². The van der Waals surface area contributed by atoms with Crippen molar-refractivity contribution >= 4 is 0 Å². The van der Waals surface area contributed by atoms with Crippen LogP contribution >= 0.6 is 0 Å². The fraction of sp³-hybridized carbons (Fsp3) is 0.500. The zero-order valence-corrected chi connectivity index (χ0v) is 11.5. The van der Waals surface area contributed by atoms with Crippen LogP contribution < -0.4 is 5.32 Å². The highest BCUT2D eigenvalue weighted by Gasteiger charge is 2.22. The zero-order valence-electron chi connectivity index (χ0n) is 11.5. The lowest BCUT2D eigenvalue weighted by molar-refractivity contribution is 0.225. The maximum atomic E-state index is 3.86. The van der Waals surface area contributed by atoms with Crippen molar-refractivity contribution < 1.29 is 0 Å². The van der Waals surface area contributed by atoms with E-state index in [4.69, 9.17) is 0 Å². The molecule has 2 nitrogen and oxygen atoms in total. The molecule has 1 aliphatic rings. The summed E-state index contributed by atoms with van der Waals surface area (Å²) in [6.07, 6.45) is 2.00. The number of nitrogens with one attached hydrogen (secondary N) is 1. The predicted molar refractivity (Wildman–Crippen MR) is 77.8 cm³/mol. The van der Waals surface area contributed by atoms with Crippen LogP contribution in [0.2, 0.25) is 0 Å². The van der Waals surface area contributed by atoms with Gasteiger partial charge in [0.25, 0.3) is 0 Å². The Balaban J connectivity index is 2.12. The molecule has 0 aromatic heterocycles. The standard InChI is InChI=1S/C16H24N2/c1-4-9-18(13(2)3)12-15-11-17-10-14-7-5-6-8-16(14)15/h4-8,13,15,17H,1,9-12H2,2-3H3. The van der Waals surface area contributed by atoms with Gasteiger partial charge >= 0.3 is 0 Å². The third-order valence-corrected chi connectivity index (χ3v) is 3.75. The van der Waals surface area contributed by atoms with E-state index >= 15 is 0 Å². The number of benzene rings is 1. The second kappa shape index (κ2) is 6.17. The molecular weight excluding hydrogens is 220 g/mol. The van der Waals surface area contributed by atoms with Gasteiger partial charge in [-0.25, -0.2) is 0 Å². The van der Waals surface area contributed by atoms with E-state index in [-0.39, 0.29) is 0 Å². The fourth-order valence-electron chi connectivity index (χ4n) is 2.69. The van der Waals surface area contributed by atoms with Gasteiger partial charge < -0.3 is 5.32 Å². The lowest BCUT2D eigenvalue weighted by Gasteiger charge is -2.33. The monoisotopic (exact) mass is 244 g/mol. The van der Waals surface area contributed by atoms with E-state index in [1.54, 1.807) is 0 Å². The molecule has 1 aromatic rings. The van der Waals surface area contributed by atoms with Crippen LogP contribution in [0.25, 0.3) is 0 Å². The summed E-state index contributed by atoms with van der Waals surface area (Å²) in [6.45, 7) is 12.5. The Bertz CT molecular complexity index is 398. The van der Waals surface area contributed by atoms with Crippen LogP contribution in [0.5, 0.6) is 0 Å². The number of hydrogen-bond acceptors (Lipinski definition) is 2. The van der Waals surface area contributed by atoms with Gasteiger partial charge in [-0.3, -0.25) is 4.90 Å². The Morgan fingerprint density at radius 2 is 2.22 bits per heavy atom. The summed E-state index contributed by atoms with van der Waals surface area (Å²) >= 11 is 0. The Hall–Kier alpha value is -1.12. The first-order valence-electron chi connectivity index (χ1n) is 6.86. The molecule has 1 aromatic carbocycles. The lowest BCUT2D eigenvalue weighted by Crippen LogP contribution is -2.40. The molecule has 0 saturated carbocycles.